The van der Waals surface area contributed by atoms with Gasteiger partial charge < -0.3 is 10.1 Å². The molecule has 33 heavy (non-hydrogen) atoms. The molecule has 0 radical (unpaired) electrons. The van der Waals surface area contributed by atoms with Gasteiger partial charge >= 0.3 is 5.97 Å². The molecular weight excluding hydrogens is 440 g/mol. The molecule has 1 heterocycles. The normalized spacial score (nSPS) is 14.6. The third-order valence-corrected chi connectivity index (χ3v) is 7.20. The Kier molecular flexibility index (Phi) is 6.74. The van der Waals surface area contributed by atoms with E-state index in [9.17, 15) is 18.0 Å². The molecule has 4 rings (SSSR count). The molecule has 1 amide bonds. The van der Waals surface area contributed by atoms with Crippen LogP contribution in [0.1, 0.15) is 27.9 Å². The molecule has 0 unspecified atom stereocenters. The van der Waals surface area contributed by atoms with Crippen LogP contribution in [0.5, 0.6) is 0 Å². The number of amides is 1. The SMILES string of the molecule is O=C(COC(=O)c1cccc(N2CCCS2(=O)=O)c1)Nc1ccccc1Cc1ccccc1. The van der Waals surface area contributed by atoms with Crippen molar-refractivity contribution in [1.29, 1.82) is 0 Å². The lowest BCUT2D eigenvalue weighted by Gasteiger charge is -2.17. The van der Waals surface area contributed by atoms with Gasteiger partial charge in [0, 0.05) is 12.2 Å². The fraction of sp³-hybridized carbons (Fsp3) is 0.200. The van der Waals surface area contributed by atoms with Crippen molar-refractivity contribution in [3.05, 3.63) is 95.6 Å². The first kappa shape index (κ1) is 22.5. The number of sulfonamides is 1. The monoisotopic (exact) mass is 464 g/mol. The van der Waals surface area contributed by atoms with Crippen LogP contribution >= 0.6 is 0 Å². The van der Waals surface area contributed by atoms with Crippen LogP contribution in [0.15, 0.2) is 78.9 Å². The molecule has 1 fully saturated rings. The maximum absolute atomic E-state index is 12.5. The van der Waals surface area contributed by atoms with Crippen LogP contribution in [0.3, 0.4) is 0 Å². The number of carbonyl (C=O) groups excluding carboxylic acids is 2. The summed E-state index contributed by atoms with van der Waals surface area (Å²) in [5, 5.41) is 2.80. The average molecular weight is 465 g/mol. The van der Waals surface area contributed by atoms with E-state index in [1.165, 1.54) is 16.4 Å². The van der Waals surface area contributed by atoms with Crippen LogP contribution in [0.25, 0.3) is 0 Å². The predicted octanol–water partition coefficient (Wildman–Crippen LogP) is 3.61. The highest BCUT2D eigenvalue weighted by molar-refractivity contribution is 7.93. The van der Waals surface area contributed by atoms with E-state index < -0.39 is 28.5 Å². The van der Waals surface area contributed by atoms with E-state index in [0.717, 1.165) is 11.1 Å². The van der Waals surface area contributed by atoms with Crippen molar-refractivity contribution in [2.24, 2.45) is 0 Å². The molecular formula is C25H24N2O5S. The summed E-state index contributed by atoms with van der Waals surface area (Å²) in [6.45, 7) is -0.0730. The average Bonchev–Trinajstić information content (AvgIpc) is 3.18. The quantitative estimate of drug-likeness (QED) is 0.539. The topological polar surface area (TPSA) is 92.8 Å². The molecule has 1 saturated heterocycles. The van der Waals surface area contributed by atoms with Crippen molar-refractivity contribution in [2.75, 3.05) is 28.5 Å². The van der Waals surface area contributed by atoms with Crippen LogP contribution in [0.4, 0.5) is 11.4 Å². The number of carbonyl (C=O) groups is 2. The van der Waals surface area contributed by atoms with Gasteiger partial charge in [-0.3, -0.25) is 9.10 Å². The van der Waals surface area contributed by atoms with E-state index in [0.29, 0.717) is 30.8 Å². The molecule has 0 aromatic heterocycles. The maximum Gasteiger partial charge on any atom is 0.338 e. The second kappa shape index (κ2) is 9.87. The van der Waals surface area contributed by atoms with Crippen molar-refractivity contribution in [3.8, 4) is 0 Å². The zero-order valence-electron chi connectivity index (χ0n) is 17.9. The molecule has 7 nitrogen and oxygen atoms in total. The Morgan fingerprint density at radius 1 is 0.939 bits per heavy atom. The Balaban J connectivity index is 1.37. The summed E-state index contributed by atoms with van der Waals surface area (Å²) in [5.41, 5.74) is 3.32. The first-order valence-corrected chi connectivity index (χ1v) is 12.2. The van der Waals surface area contributed by atoms with Crippen molar-refractivity contribution in [1.82, 2.24) is 0 Å². The molecule has 1 aliphatic heterocycles. The second-order valence-electron chi connectivity index (χ2n) is 7.74. The Labute approximate surface area is 193 Å². The first-order chi connectivity index (χ1) is 15.9. The lowest BCUT2D eigenvalue weighted by Crippen LogP contribution is -2.25. The number of nitrogens with one attached hydrogen (secondary N) is 1. The van der Waals surface area contributed by atoms with Gasteiger partial charge in [-0.1, -0.05) is 54.6 Å². The van der Waals surface area contributed by atoms with Crippen molar-refractivity contribution in [2.45, 2.75) is 12.8 Å². The zero-order chi connectivity index (χ0) is 23.3. The summed E-state index contributed by atoms with van der Waals surface area (Å²) < 4.78 is 30.7. The highest BCUT2D eigenvalue weighted by Gasteiger charge is 2.28. The summed E-state index contributed by atoms with van der Waals surface area (Å²) in [6, 6.07) is 23.6. The number of esters is 1. The van der Waals surface area contributed by atoms with Gasteiger partial charge in [0.25, 0.3) is 5.91 Å². The summed E-state index contributed by atoms with van der Waals surface area (Å²) in [7, 11) is -3.35. The zero-order valence-corrected chi connectivity index (χ0v) is 18.8. The molecule has 0 bridgehead atoms. The molecule has 8 heteroatoms. The van der Waals surface area contributed by atoms with E-state index in [1.807, 2.05) is 48.5 Å². The Morgan fingerprint density at radius 3 is 2.45 bits per heavy atom. The summed E-state index contributed by atoms with van der Waals surface area (Å²) in [4.78, 5) is 24.9. The number of ether oxygens (including phenoxy) is 1. The number of benzene rings is 3. The van der Waals surface area contributed by atoms with Gasteiger partial charge in [0.15, 0.2) is 6.61 Å². The number of nitrogens with zero attached hydrogens (tertiary/aromatic N) is 1. The molecule has 0 atom stereocenters. The highest BCUT2D eigenvalue weighted by Crippen LogP contribution is 2.25. The van der Waals surface area contributed by atoms with Crippen molar-refractivity contribution in [3.63, 3.8) is 0 Å². The molecule has 3 aromatic carbocycles. The van der Waals surface area contributed by atoms with Crippen LogP contribution in [-0.4, -0.2) is 39.2 Å². The Hall–Kier alpha value is -3.65. The first-order valence-electron chi connectivity index (χ1n) is 10.6. The minimum atomic E-state index is -3.35. The van der Waals surface area contributed by atoms with Gasteiger partial charge in [0.2, 0.25) is 10.0 Å². The van der Waals surface area contributed by atoms with Gasteiger partial charge in [-0.05, 0) is 48.2 Å². The summed E-state index contributed by atoms with van der Waals surface area (Å²) in [5.74, 6) is -1.06. The van der Waals surface area contributed by atoms with Gasteiger partial charge in [-0.25, -0.2) is 13.2 Å². The van der Waals surface area contributed by atoms with Crippen LogP contribution in [-0.2, 0) is 26.0 Å². The van der Waals surface area contributed by atoms with Gasteiger partial charge in [0.1, 0.15) is 0 Å². The molecule has 170 valence electrons. The van der Waals surface area contributed by atoms with Gasteiger partial charge in [-0.15, -0.1) is 0 Å². The maximum atomic E-state index is 12.5. The van der Waals surface area contributed by atoms with Crippen molar-refractivity contribution >= 4 is 33.3 Å². The van der Waals surface area contributed by atoms with Crippen LogP contribution < -0.4 is 9.62 Å². The second-order valence-corrected chi connectivity index (χ2v) is 9.75. The standard InChI is InChI=1S/C25H24N2O5S/c28-24(26-23-13-5-4-10-20(23)16-19-8-2-1-3-9-19)18-32-25(29)21-11-6-12-22(17-21)27-14-7-15-33(27,30)31/h1-6,8-13,17H,7,14-16,18H2,(H,26,28). The summed E-state index contributed by atoms with van der Waals surface area (Å²) >= 11 is 0. The van der Waals surface area contributed by atoms with Gasteiger partial charge in [0.05, 0.1) is 17.0 Å². The molecule has 0 aliphatic carbocycles. The van der Waals surface area contributed by atoms with E-state index in [2.05, 4.69) is 5.32 Å². The Bertz CT molecular complexity index is 1260. The molecule has 3 aromatic rings. The van der Waals surface area contributed by atoms with Crippen LogP contribution in [0, 0.1) is 0 Å². The largest absolute Gasteiger partial charge is 0.452 e. The molecule has 0 spiro atoms. The lowest BCUT2D eigenvalue weighted by atomic mass is 10.0. The number of anilines is 2. The number of rotatable bonds is 7. The lowest BCUT2D eigenvalue weighted by molar-refractivity contribution is -0.119. The van der Waals surface area contributed by atoms with E-state index in [1.54, 1.807) is 18.2 Å². The number of para-hydroxylation sites is 1. The van der Waals surface area contributed by atoms with E-state index in [4.69, 9.17) is 4.74 Å². The predicted molar refractivity (Wildman–Crippen MR) is 127 cm³/mol. The molecule has 0 saturated carbocycles. The fourth-order valence-electron chi connectivity index (χ4n) is 3.73. The molecule has 1 N–H and O–H groups in total. The van der Waals surface area contributed by atoms with E-state index >= 15 is 0 Å². The molecule has 1 aliphatic rings. The third-order valence-electron chi connectivity index (χ3n) is 5.33. The number of hydrogen-bond acceptors (Lipinski definition) is 5. The Morgan fingerprint density at radius 2 is 1.70 bits per heavy atom. The summed E-state index contributed by atoms with van der Waals surface area (Å²) in [6.07, 6.45) is 1.20. The van der Waals surface area contributed by atoms with Crippen molar-refractivity contribution < 1.29 is 22.7 Å². The minimum Gasteiger partial charge on any atom is -0.452 e. The van der Waals surface area contributed by atoms with E-state index in [-0.39, 0.29) is 11.3 Å². The number of hydrogen-bond donors (Lipinski definition) is 1. The third kappa shape index (κ3) is 5.59. The highest BCUT2D eigenvalue weighted by atomic mass is 32.2. The smallest absolute Gasteiger partial charge is 0.338 e. The fourth-order valence-corrected chi connectivity index (χ4v) is 5.29. The minimum absolute atomic E-state index is 0.0909. The van der Waals surface area contributed by atoms with Crippen LogP contribution in [0.2, 0.25) is 0 Å². The van der Waals surface area contributed by atoms with Gasteiger partial charge in [-0.2, -0.15) is 0 Å².